The molecule has 0 saturated heterocycles. The first-order valence-corrected chi connectivity index (χ1v) is 13.5. The SMILES string of the molecule is O=C(NC1CCCCC1)[C@@H](Cc1ccccc1)N(Cc1ccc(F)cc1)C(=O)Cc1ccc(Cl)c(Cl)c1. The van der Waals surface area contributed by atoms with Crippen molar-refractivity contribution >= 4 is 35.0 Å². The summed E-state index contributed by atoms with van der Waals surface area (Å²) in [5.74, 6) is -0.740. The van der Waals surface area contributed by atoms with E-state index < -0.39 is 6.04 Å². The van der Waals surface area contributed by atoms with Crippen LogP contribution in [-0.4, -0.2) is 28.8 Å². The quantitative estimate of drug-likeness (QED) is 0.325. The van der Waals surface area contributed by atoms with Crippen molar-refractivity contribution in [3.63, 3.8) is 0 Å². The van der Waals surface area contributed by atoms with Crippen LogP contribution in [0.3, 0.4) is 0 Å². The molecule has 194 valence electrons. The van der Waals surface area contributed by atoms with Gasteiger partial charge in [-0.05, 0) is 53.8 Å². The molecular weight excluding hydrogens is 510 g/mol. The highest BCUT2D eigenvalue weighted by Gasteiger charge is 2.32. The van der Waals surface area contributed by atoms with E-state index in [0.29, 0.717) is 22.0 Å². The Hall–Kier alpha value is -2.89. The van der Waals surface area contributed by atoms with Gasteiger partial charge in [-0.25, -0.2) is 4.39 Å². The maximum absolute atomic E-state index is 13.8. The molecule has 0 heterocycles. The summed E-state index contributed by atoms with van der Waals surface area (Å²) in [6.45, 7) is 0.177. The van der Waals surface area contributed by atoms with Crippen LogP contribution < -0.4 is 5.32 Å². The van der Waals surface area contributed by atoms with E-state index in [9.17, 15) is 14.0 Å². The number of halogens is 3. The van der Waals surface area contributed by atoms with Crippen molar-refractivity contribution in [2.24, 2.45) is 0 Å². The van der Waals surface area contributed by atoms with Gasteiger partial charge in [-0.1, -0.05) is 91.0 Å². The van der Waals surface area contributed by atoms with Gasteiger partial charge in [-0.3, -0.25) is 9.59 Å². The summed E-state index contributed by atoms with van der Waals surface area (Å²) in [5.41, 5.74) is 2.40. The Labute approximate surface area is 227 Å². The average Bonchev–Trinajstić information content (AvgIpc) is 2.90. The predicted molar refractivity (Wildman–Crippen MR) is 146 cm³/mol. The van der Waals surface area contributed by atoms with Crippen LogP contribution in [0.4, 0.5) is 4.39 Å². The van der Waals surface area contributed by atoms with Crippen LogP contribution in [0.5, 0.6) is 0 Å². The monoisotopic (exact) mass is 540 g/mol. The number of rotatable bonds is 9. The smallest absolute Gasteiger partial charge is 0.243 e. The van der Waals surface area contributed by atoms with E-state index in [1.807, 2.05) is 30.3 Å². The van der Waals surface area contributed by atoms with Gasteiger partial charge in [-0.15, -0.1) is 0 Å². The van der Waals surface area contributed by atoms with E-state index >= 15 is 0 Å². The molecule has 3 aromatic carbocycles. The second-order valence-electron chi connectivity index (χ2n) is 9.62. The molecule has 1 saturated carbocycles. The molecule has 4 nitrogen and oxygen atoms in total. The van der Waals surface area contributed by atoms with Crippen molar-refractivity contribution in [2.75, 3.05) is 0 Å². The molecular formula is C30H31Cl2FN2O2. The molecule has 1 aliphatic carbocycles. The fraction of sp³-hybridized carbons (Fsp3) is 0.333. The number of amides is 2. The molecule has 1 aliphatic rings. The highest BCUT2D eigenvalue weighted by atomic mass is 35.5. The van der Waals surface area contributed by atoms with Crippen LogP contribution in [0, 0.1) is 5.82 Å². The number of benzene rings is 3. The van der Waals surface area contributed by atoms with Crippen LogP contribution in [-0.2, 0) is 29.0 Å². The molecule has 2 amide bonds. The third-order valence-corrected chi connectivity index (χ3v) is 7.57. The Morgan fingerprint density at radius 3 is 2.22 bits per heavy atom. The minimum absolute atomic E-state index is 0.0556. The Kier molecular flexibility index (Phi) is 9.59. The van der Waals surface area contributed by atoms with Crippen molar-refractivity contribution in [1.29, 1.82) is 0 Å². The number of hydrogen-bond acceptors (Lipinski definition) is 2. The normalized spacial score (nSPS) is 14.7. The maximum atomic E-state index is 13.8. The summed E-state index contributed by atoms with van der Waals surface area (Å²) in [6.07, 6.45) is 5.66. The zero-order chi connectivity index (χ0) is 26.2. The lowest BCUT2D eigenvalue weighted by Gasteiger charge is -2.33. The van der Waals surface area contributed by atoms with E-state index in [-0.39, 0.29) is 36.6 Å². The van der Waals surface area contributed by atoms with Gasteiger partial charge in [0.25, 0.3) is 0 Å². The molecule has 1 atom stereocenters. The summed E-state index contributed by atoms with van der Waals surface area (Å²) >= 11 is 12.3. The van der Waals surface area contributed by atoms with Crippen molar-refractivity contribution in [2.45, 2.75) is 63.6 Å². The van der Waals surface area contributed by atoms with Crippen LogP contribution in [0.25, 0.3) is 0 Å². The van der Waals surface area contributed by atoms with E-state index in [1.54, 1.807) is 35.2 Å². The van der Waals surface area contributed by atoms with Crippen molar-refractivity contribution < 1.29 is 14.0 Å². The fourth-order valence-corrected chi connectivity index (χ4v) is 5.13. The average molecular weight is 541 g/mol. The van der Waals surface area contributed by atoms with E-state index in [1.165, 1.54) is 18.6 Å². The van der Waals surface area contributed by atoms with E-state index in [0.717, 1.165) is 36.8 Å². The zero-order valence-corrected chi connectivity index (χ0v) is 22.1. The van der Waals surface area contributed by atoms with Crippen LogP contribution >= 0.6 is 23.2 Å². The van der Waals surface area contributed by atoms with Gasteiger partial charge < -0.3 is 10.2 Å². The lowest BCUT2D eigenvalue weighted by molar-refractivity contribution is -0.141. The van der Waals surface area contributed by atoms with Gasteiger partial charge in [0.1, 0.15) is 11.9 Å². The highest BCUT2D eigenvalue weighted by Crippen LogP contribution is 2.24. The minimum atomic E-state index is -0.732. The van der Waals surface area contributed by atoms with E-state index in [2.05, 4.69) is 5.32 Å². The van der Waals surface area contributed by atoms with Gasteiger partial charge in [0.15, 0.2) is 0 Å². The van der Waals surface area contributed by atoms with E-state index in [4.69, 9.17) is 23.2 Å². The van der Waals surface area contributed by atoms with Crippen LogP contribution in [0.1, 0.15) is 48.8 Å². The summed E-state index contributed by atoms with van der Waals surface area (Å²) < 4.78 is 13.6. The molecule has 1 fully saturated rings. The number of carbonyl (C=O) groups is 2. The standard InChI is InChI=1S/C30H31Cl2FN2O2/c31-26-16-13-23(17-27(26)32)19-29(36)35(20-22-11-14-24(33)15-12-22)28(18-21-7-3-1-4-8-21)30(37)34-25-9-5-2-6-10-25/h1,3-4,7-8,11-17,25,28H,2,5-6,9-10,18-20H2,(H,34,37)/t28-/m1/s1. The Bertz CT molecular complexity index is 1200. The number of carbonyl (C=O) groups excluding carboxylic acids is 2. The molecule has 0 bridgehead atoms. The van der Waals surface area contributed by atoms with Gasteiger partial charge in [0, 0.05) is 19.0 Å². The summed E-state index contributed by atoms with van der Waals surface area (Å²) in [4.78, 5) is 29.2. The topological polar surface area (TPSA) is 49.4 Å². The number of nitrogens with one attached hydrogen (secondary N) is 1. The minimum Gasteiger partial charge on any atom is -0.352 e. The maximum Gasteiger partial charge on any atom is 0.243 e. The van der Waals surface area contributed by atoms with Gasteiger partial charge >= 0.3 is 0 Å². The van der Waals surface area contributed by atoms with Gasteiger partial charge in [-0.2, -0.15) is 0 Å². The first-order chi connectivity index (χ1) is 17.9. The number of nitrogens with zero attached hydrogens (tertiary/aromatic N) is 1. The summed E-state index contributed by atoms with van der Waals surface area (Å²) in [5, 5.41) is 4.00. The largest absolute Gasteiger partial charge is 0.352 e. The second-order valence-corrected chi connectivity index (χ2v) is 10.4. The summed E-state index contributed by atoms with van der Waals surface area (Å²) in [7, 11) is 0. The van der Waals surface area contributed by atoms with Crippen molar-refractivity contribution in [3.8, 4) is 0 Å². The lowest BCUT2D eigenvalue weighted by atomic mass is 9.94. The summed E-state index contributed by atoms with van der Waals surface area (Å²) in [6, 6.07) is 20.2. The molecule has 0 radical (unpaired) electrons. The third-order valence-electron chi connectivity index (χ3n) is 6.83. The molecule has 0 spiro atoms. The Morgan fingerprint density at radius 1 is 0.865 bits per heavy atom. The Morgan fingerprint density at radius 2 is 1.54 bits per heavy atom. The molecule has 37 heavy (non-hydrogen) atoms. The highest BCUT2D eigenvalue weighted by molar-refractivity contribution is 6.42. The molecule has 0 unspecified atom stereocenters. The van der Waals surface area contributed by atoms with Crippen LogP contribution in [0.2, 0.25) is 10.0 Å². The Balaban J connectivity index is 1.65. The molecule has 0 aliphatic heterocycles. The van der Waals surface area contributed by atoms with Gasteiger partial charge in [0.05, 0.1) is 16.5 Å². The fourth-order valence-electron chi connectivity index (χ4n) is 4.81. The van der Waals surface area contributed by atoms with Crippen LogP contribution in [0.15, 0.2) is 72.8 Å². The van der Waals surface area contributed by atoms with Crippen molar-refractivity contribution in [3.05, 3.63) is 105 Å². The first-order valence-electron chi connectivity index (χ1n) is 12.7. The zero-order valence-electron chi connectivity index (χ0n) is 20.6. The first kappa shape index (κ1) is 27.2. The molecule has 1 N–H and O–H groups in total. The lowest BCUT2D eigenvalue weighted by Crippen LogP contribution is -2.53. The molecule has 7 heteroatoms. The van der Waals surface area contributed by atoms with Crippen molar-refractivity contribution in [1.82, 2.24) is 10.2 Å². The second kappa shape index (κ2) is 13.1. The predicted octanol–water partition coefficient (Wildman–Crippen LogP) is 6.76. The van der Waals surface area contributed by atoms with Gasteiger partial charge in [0.2, 0.25) is 11.8 Å². The molecule has 0 aromatic heterocycles. The molecule has 4 rings (SSSR count). The number of hydrogen-bond donors (Lipinski definition) is 1. The molecule has 3 aromatic rings. The third kappa shape index (κ3) is 7.80.